The van der Waals surface area contributed by atoms with Crippen LogP contribution in [0.5, 0.6) is 0 Å². The predicted octanol–water partition coefficient (Wildman–Crippen LogP) is 5.27. The second kappa shape index (κ2) is 7.27. The summed E-state index contributed by atoms with van der Waals surface area (Å²) in [5.41, 5.74) is 4.29. The summed E-state index contributed by atoms with van der Waals surface area (Å²) in [4.78, 5) is 24.4. The van der Waals surface area contributed by atoms with E-state index >= 15 is 0 Å². The lowest BCUT2D eigenvalue weighted by Gasteiger charge is -2.23. The minimum absolute atomic E-state index is 0.0248. The highest BCUT2D eigenvalue weighted by molar-refractivity contribution is 5.98. The molecular formula is C23H20O2. The second-order valence-corrected chi connectivity index (χ2v) is 6.13. The van der Waals surface area contributed by atoms with Crippen molar-refractivity contribution in [3.8, 4) is 0 Å². The van der Waals surface area contributed by atoms with Gasteiger partial charge < -0.3 is 0 Å². The Kier molecular flexibility index (Phi) is 4.90. The fourth-order valence-electron chi connectivity index (χ4n) is 3.31. The lowest BCUT2D eigenvalue weighted by atomic mass is 9.80. The first kappa shape index (κ1) is 16.8. The minimum atomic E-state index is -0.165. The molecular weight excluding hydrogens is 308 g/mol. The van der Waals surface area contributed by atoms with Gasteiger partial charge in [0.05, 0.1) is 0 Å². The van der Waals surface area contributed by atoms with Gasteiger partial charge in [0.2, 0.25) is 0 Å². The van der Waals surface area contributed by atoms with Crippen molar-refractivity contribution in [1.82, 2.24) is 0 Å². The van der Waals surface area contributed by atoms with Crippen LogP contribution in [-0.4, -0.2) is 11.6 Å². The molecule has 0 aliphatic carbocycles. The lowest BCUT2D eigenvalue weighted by molar-refractivity contribution is 0.100. The molecule has 3 rings (SSSR count). The molecule has 3 aromatic carbocycles. The third-order valence-electron chi connectivity index (χ3n) is 4.44. The van der Waals surface area contributed by atoms with Crippen molar-refractivity contribution in [2.24, 2.45) is 0 Å². The van der Waals surface area contributed by atoms with Crippen LogP contribution < -0.4 is 0 Å². The molecule has 0 N–H and O–H groups in total. The van der Waals surface area contributed by atoms with E-state index in [0.29, 0.717) is 11.1 Å². The van der Waals surface area contributed by atoms with Gasteiger partial charge in [0.25, 0.3) is 0 Å². The number of benzene rings is 3. The molecule has 0 heterocycles. The molecule has 0 fully saturated rings. The molecule has 0 saturated heterocycles. The van der Waals surface area contributed by atoms with Crippen molar-refractivity contribution in [1.29, 1.82) is 0 Å². The van der Waals surface area contributed by atoms with Crippen molar-refractivity contribution in [3.63, 3.8) is 0 Å². The van der Waals surface area contributed by atoms with Gasteiger partial charge in [-0.3, -0.25) is 9.59 Å². The maximum atomic E-state index is 12.2. The highest BCUT2D eigenvalue weighted by Gasteiger charge is 2.24. The van der Waals surface area contributed by atoms with Gasteiger partial charge in [0.1, 0.15) is 0 Å². The standard InChI is InChI=1S/C23H20O2/c1-16(24)19-12-6-8-14-21(19)23(18-10-4-3-5-11-18)22-15-9-7-13-20(22)17(2)25/h3-15,23H,1-2H3. The van der Waals surface area contributed by atoms with Crippen LogP contribution in [0.2, 0.25) is 0 Å². The minimum Gasteiger partial charge on any atom is -0.295 e. The van der Waals surface area contributed by atoms with E-state index in [1.165, 1.54) is 0 Å². The van der Waals surface area contributed by atoms with Crippen LogP contribution in [0.15, 0.2) is 78.9 Å². The fourth-order valence-corrected chi connectivity index (χ4v) is 3.31. The van der Waals surface area contributed by atoms with E-state index in [2.05, 4.69) is 0 Å². The molecule has 2 heteroatoms. The maximum Gasteiger partial charge on any atom is 0.160 e. The third-order valence-corrected chi connectivity index (χ3v) is 4.44. The van der Waals surface area contributed by atoms with E-state index < -0.39 is 0 Å². The summed E-state index contributed by atoms with van der Waals surface area (Å²) in [5.74, 6) is -0.116. The Balaban J connectivity index is 2.30. The van der Waals surface area contributed by atoms with Crippen molar-refractivity contribution in [3.05, 3.63) is 107 Å². The summed E-state index contributed by atoms with van der Waals surface area (Å²) in [5, 5.41) is 0. The van der Waals surface area contributed by atoms with Crippen molar-refractivity contribution < 1.29 is 9.59 Å². The third kappa shape index (κ3) is 3.43. The summed E-state index contributed by atoms with van der Waals surface area (Å²) in [6.07, 6.45) is 0. The summed E-state index contributed by atoms with van der Waals surface area (Å²) < 4.78 is 0. The van der Waals surface area contributed by atoms with E-state index in [9.17, 15) is 9.59 Å². The Labute approximate surface area is 148 Å². The maximum absolute atomic E-state index is 12.2. The molecule has 0 unspecified atom stereocenters. The molecule has 0 spiro atoms. The number of carbonyl (C=O) groups is 2. The molecule has 0 aliphatic heterocycles. The summed E-state index contributed by atoms with van der Waals surface area (Å²) in [7, 11) is 0. The zero-order chi connectivity index (χ0) is 17.8. The van der Waals surface area contributed by atoms with Gasteiger partial charge in [-0.15, -0.1) is 0 Å². The Morgan fingerprint density at radius 3 is 1.44 bits per heavy atom. The van der Waals surface area contributed by atoms with Crippen LogP contribution in [0.1, 0.15) is 57.2 Å². The van der Waals surface area contributed by atoms with E-state index in [-0.39, 0.29) is 17.5 Å². The molecule has 0 atom stereocenters. The first-order valence-corrected chi connectivity index (χ1v) is 8.34. The van der Waals surface area contributed by atoms with Gasteiger partial charge in [-0.1, -0.05) is 78.9 Å². The quantitative estimate of drug-likeness (QED) is 0.472. The molecule has 124 valence electrons. The van der Waals surface area contributed by atoms with Crippen molar-refractivity contribution in [2.75, 3.05) is 0 Å². The smallest absolute Gasteiger partial charge is 0.160 e. The molecule has 0 saturated carbocycles. The molecule has 25 heavy (non-hydrogen) atoms. The van der Waals surface area contributed by atoms with Gasteiger partial charge >= 0.3 is 0 Å². The zero-order valence-corrected chi connectivity index (χ0v) is 14.4. The van der Waals surface area contributed by atoms with Crippen LogP contribution >= 0.6 is 0 Å². The van der Waals surface area contributed by atoms with Gasteiger partial charge in [-0.2, -0.15) is 0 Å². The van der Waals surface area contributed by atoms with Crippen molar-refractivity contribution in [2.45, 2.75) is 19.8 Å². The Bertz CT molecular complexity index is 853. The van der Waals surface area contributed by atoms with Crippen LogP contribution in [0, 0.1) is 0 Å². The van der Waals surface area contributed by atoms with Crippen LogP contribution in [0.3, 0.4) is 0 Å². The number of rotatable bonds is 5. The average molecular weight is 328 g/mol. The molecule has 0 aromatic heterocycles. The number of hydrogen-bond donors (Lipinski definition) is 0. The second-order valence-electron chi connectivity index (χ2n) is 6.13. The van der Waals surface area contributed by atoms with E-state index in [0.717, 1.165) is 16.7 Å². The zero-order valence-electron chi connectivity index (χ0n) is 14.4. The fraction of sp³-hybridized carbons (Fsp3) is 0.130. The van der Waals surface area contributed by atoms with E-state index in [1.807, 2.05) is 78.9 Å². The molecule has 2 nitrogen and oxygen atoms in total. The summed E-state index contributed by atoms with van der Waals surface area (Å²) >= 11 is 0. The average Bonchev–Trinajstić information content (AvgIpc) is 2.63. The number of ketones is 2. The molecule has 0 bridgehead atoms. The molecule has 0 aliphatic rings. The summed E-state index contributed by atoms with van der Waals surface area (Å²) in [6, 6.07) is 25.3. The van der Waals surface area contributed by atoms with Gasteiger partial charge in [0, 0.05) is 17.0 Å². The summed E-state index contributed by atoms with van der Waals surface area (Å²) in [6.45, 7) is 3.16. The van der Waals surface area contributed by atoms with Gasteiger partial charge in [-0.05, 0) is 30.5 Å². The van der Waals surface area contributed by atoms with Crippen LogP contribution in [0.25, 0.3) is 0 Å². The van der Waals surface area contributed by atoms with E-state index in [1.54, 1.807) is 13.8 Å². The largest absolute Gasteiger partial charge is 0.295 e. The molecule has 0 radical (unpaired) electrons. The predicted molar refractivity (Wildman–Crippen MR) is 100 cm³/mol. The van der Waals surface area contributed by atoms with E-state index in [4.69, 9.17) is 0 Å². The number of Topliss-reactive ketones (excluding diaryl/α,β-unsaturated/α-hetero) is 2. The Morgan fingerprint density at radius 1 is 0.600 bits per heavy atom. The van der Waals surface area contributed by atoms with Crippen LogP contribution in [0.4, 0.5) is 0 Å². The highest BCUT2D eigenvalue weighted by Crippen LogP contribution is 2.36. The molecule has 0 amide bonds. The number of carbonyl (C=O) groups excluding carboxylic acids is 2. The normalized spacial score (nSPS) is 10.7. The Morgan fingerprint density at radius 2 is 1.00 bits per heavy atom. The van der Waals surface area contributed by atoms with Gasteiger partial charge in [0.15, 0.2) is 11.6 Å². The number of hydrogen-bond acceptors (Lipinski definition) is 2. The first-order valence-electron chi connectivity index (χ1n) is 8.34. The lowest BCUT2D eigenvalue weighted by Crippen LogP contribution is -2.12. The SMILES string of the molecule is CC(=O)c1ccccc1C(c1ccccc1)c1ccccc1C(C)=O. The molecule has 3 aromatic rings. The van der Waals surface area contributed by atoms with Crippen molar-refractivity contribution >= 4 is 11.6 Å². The highest BCUT2D eigenvalue weighted by atomic mass is 16.1. The van der Waals surface area contributed by atoms with Gasteiger partial charge in [-0.25, -0.2) is 0 Å². The monoisotopic (exact) mass is 328 g/mol. The topological polar surface area (TPSA) is 34.1 Å². The first-order chi connectivity index (χ1) is 12.1. The Hall–Kier alpha value is -3.00. The van der Waals surface area contributed by atoms with Crippen LogP contribution in [-0.2, 0) is 0 Å².